The van der Waals surface area contributed by atoms with Gasteiger partial charge in [-0.3, -0.25) is 9.30 Å². The Morgan fingerprint density at radius 3 is 1.49 bits per heavy atom. The second-order valence-electron chi connectivity index (χ2n) is 21.1. The Morgan fingerprint density at radius 2 is 0.943 bits per heavy atom. The first-order valence-electron chi connectivity index (χ1n) is 24.6. The Balaban J connectivity index is 1.15. The van der Waals surface area contributed by atoms with Crippen LogP contribution in [0.15, 0.2) is 212 Å². The van der Waals surface area contributed by atoms with E-state index in [1.165, 1.54) is 27.6 Å². The first-order valence-corrected chi connectivity index (χ1v) is 24.6. The van der Waals surface area contributed by atoms with E-state index >= 15 is 0 Å². The van der Waals surface area contributed by atoms with Crippen molar-refractivity contribution in [2.45, 2.75) is 59.3 Å². The zero-order valence-electron chi connectivity index (χ0n) is 41.0. The van der Waals surface area contributed by atoms with E-state index in [4.69, 9.17) is 4.98 Å². The molecule has 340 valence electrons. The van der Waals surface area contributed by atoms with E-state index in [0.717, 1.165) is 84.8 Å². The minimum atomic E-state index is -0.182. The Hall–Kier alpha value is -8.09. The number of benzene rings is 8. The average molecular weight is 906 g/mol. The van der Waals surface area contributed by atoms with Crippen molar-refractivity contribution in [3.05, 3.63) is 229 Å². The number of fused-ring (bicyclic) bond motifs is 6. The molecule has 2 aromatic heterocycles. The number of hydrogen-bond acceptors (Lipinski definition) is 4. The molecule has 0 N–H and O–H groups in total. The number of anilines is 9. The van der Waals surface area contributed by atoms with Gasteiger partial charge in [0, 0.05) is 57.3 Å². The second kappa shape index (κ2) is 16.6. The summed E-state index contributed by atoms with van der Waals surface area (Å²) >= 11 is 0. The molecule has 0 spiro atoms. The van der Waals surface area contributed by atoms with Crippen molar-refractivity contribution < 1.29 is 0 Å². The quantitative estimate of drug-likeness (QED) is 0.149. The molecule has 10 aromatic rings. The number of imidazole rings is 1. The maximum atomic E-state index is 5.89. The van der Waals surface area contributed by atoms with Gasteiger partial charge < -0.3 is 9.80 Å². The molecule has 8 aromatic carbocycles. The molecular weight excluding hydrogens is 850 g/mol. The van der Waals surface area contributed by atoms with Crippen LogP contribution >= 0.6 is 0 Å². The lowest BCUT2D eigenvalue weighted by atomic mass is 9.35. The lowest BCUT2D eigenvalue weighted by Gasteiger charge is -2.43. The highest BCUT2D eigenvalue weighted by atomic mass is 15.3. The van der Waals surface area contributed by atoms with Crippen molar-refractivity contribution in [2.24, 2.45) is 0 Å². The molecule has 4 heterocycles. The molecule has 0 atom stereocenters. The van der Waals surface area contributed by atoms with Gasteiger partial charge >= 0.3 is 0 Å². The molecule has 6 heteroatoms. The van der Waals surface area contributed by atoms with Crippen molar-refractivity contribution in [3.63, 3.8) is 0 Å². The third-order valence-corrected chi connectivity index (χ3v) is 14.3. The zero-order valence-corrected chi connectivity index (χ0v) is 41.0. The molecule has 0 bridgehead atoms. The summed E-state index contributed by atoms with van der Waals surface area (Å²) in [5, 5.41) is 0. The molecule has 0 fully saturated rings. The summed E-state index contributed by atoms with van der Waals surface area (Å²) in [6.07, 6.45) is 2.30. The van der Waals surface area contributed by atoms with E-state index in [1.807, 2.05) is 0 Å². The first kappa shape index (κ1) is 43.2. The first-order chi connectivity index (χ1) is 33.9. The van der Waals surface area contributed by atoms with Crippen LogP contribution in [0.4, 0.5) is 51.3 Å². The normalized spacial score (nSPS) is 13.0. The van der Waals surface area contributed by atoms with Crippen LogP contribution in [0, 0.1) is 6.92 Å². The summed E-state index contributed by atoms with van der Waals surface area (Å²) < 4.78 is 2.37. The highest BCUT2D eigenvalue weighted by Crippen LogP contribution is 2.47. The molecule has 0 saturated carbocycles. The van der Waals surface area contributed by atoms with Gasteiger partial charge in [0.2, 0.25) is 0 Å². The fourth-order valence-corrected chi connectivity index (χ4v) is 10.8. The van der Waals surface area contributed by atoms with Gasteiger partial charge in [0.05, 0.1) is 5.59 Å². The van der Waals surface area contributed by atoms with Crippen molar-refractivity contribution in [2.75, 3.05) is 14.7 Å². The number of pyridine rings is 1. The third kappa shape index (κ3) is 7.29. The molecule has 2 aliphatic heterocycles. The third-order valence-electron chi connectivity index (χ3n) is 14.3. The van der Waals surface area contributed by atoms with Gasteiger partial charge in [-0.1, -0.05) is 169 Å². The van der Waals surface area contributed by atoms with E-state index in [9.17, 15) is 0 Å². The number of rotatable bonds is 7. The summed E-state index contributed by atoms with van der Waals surface area (Å²) in [5.41, 5.74) is 21.7. The zero-order chi connectivity index (χ0) is 47.9. The van der Waals surface area contributed by atoms with Crippen LogP contribution in [0.3, 0.4) is 0 Å². The van der Waals surface area contributed by atoms with Crippen molar-refractivity contribution in [1.82, 2.24) is 9.38 Å². The molecule has 0 unspecified atom stereocenters. The largest absolute Gasteiger partial charge is 0.311 e. The molecule has 2 aliphatic rings. The average Bonchev–Trinajstić information content (AvgIpc) is 3.76. The van der Waals surface area contributed by atoms with E-state index in [0.29, 0.717) is 0 Å². The van der Waals surface area contributed by atoms with Crippen LogP contribution in [0.2, 0.25) is 0 Å². The minimum Gasteiger partial charge on any atom is -0.311 e. The van der Waals surface area contributed by atoms with Crippen molar-refractivity contribution in [3.8, 4) is 22.3 Å². The lowest BCUT2D eigenvalue weighted by molar-refractivity contribution is 0.590. The van der Waals surface area contributed by atoms with E-state index in [1.54, 1.807) is 0 Å². The molecule has 12 rings (SSSR count). The number of nitrogens with zero attached hydrogens (tertiary/aromatic N) is 5. The number of aromatic nitrogens is 2. The van der Waals surface area contributed by atoms with Crippen LogP contribution < -0.4 is 31.2 Å². The van der Waals surface area contributed by atoms with Gasteiger partial charge in [0.25, 0.3) is 6.71 Å². The number of hydrogen-bond donors (Lipinski definition) is 0. The van der Waals surface area contributed by atoms with E-state index in [2.05, 4.69) is 280 Å². The van der Waals surface area contributed by atoms with E-state index < -0.39 is 0 Å². The van der Waals surface area contributed by atoms with Crippen molar-refractivity contribution in [1.29, 1.82) is 0 Å². The fourth-order valence-electron chi connectivity index (χ4n) is 10.8. The van der Waals surface area contributed by atoms with Crippen LogP contribution in [-0.4, -0.2) is 16.1 Å². The predicted octanol–water partition coefficient (Wildman–Crippen LogP) is 15.1. The highest BCUT2D eigenvalue weighted by Gasteiger charge is 2.46. The summed E-state index contributed by atoms with van der Waals surface area (Å²) in [6, 6.07) is 75.8. The standard InChI is InChI=1S/C64H56BN5/c1-43-38-57-59-58(39-43)70(50-26-18-11-19-27-50)62-60(66-61-54(45-22-14-9-15-23-45)40-46(42-67(61)62)44-20-12-8-13-21-44)65(59)55-37-36-53(41-56(55)69(57)49-24-16-10-17-25-49)68(51-32-28-47(29-33-51)63(2,3)4)52-34-30-48(31-35-52)64(5,6)7/h8-42H,1-7H3. The van der Waals surface area contributed by atoms with Crippen LogP contribution in [0.5, 0.6) is 0 Å². The Kier molecular flexibility index (Phi) is 10.2. The monoisotopic (exact) mass is 905 g/mol. The van der Waals surface area contributed by atoms with E-state index in [-0.39, 0.29) is 17.5 Å². The van der Waals surface area contributed by atoms with Crippen molar-refractivity contribution >= 4 is 80.2 Å². The highest BCUT2D eigenvalue weighted by molar-refractivity contribution is 7.00. The molecule has 0 saturated heterocycles. The summed E-state index contributed by atoms with van der Waals surface area (Å²) in [5.74, 6) is 1.05. The predicted molar refractivity (Wildman–Crippen MR) is 297 cm³/mol. The number of para-hydroxylation sites is 2. The van der Waals surface area contributed by atoms with Gasteiger partial charge in [-0.05, 0) is 141 Å². The summed E-state index contributed by atoms with van der Waals surface area (Å²) in [7, 11) is 0. The van der Waals surface area contributed by atoms with Crippen LogP contribution in [-0.2, 0) is 10.8 Å². The Labute approximate surface area is 413 Å². The van der Waals surface area contributed by atoms with Gasteiger partial charge in [-0.25, -0.2) is 4.98 Å². The maximum absolute atomic E-state index is 5.89. The molecule has 70 heavy (non-hydrogen) atoms. The summed E-state index contributed by atoms with van der Waals surface area (Å²) in [4.78, 5) is 13.3. The maximum Gasteiger partial charge on any atom is 0.277 e. The van der Waals surface area contributed by atoms with Crippen LogP contribution in [0.25, 0.3) is 27.9 Å². The Bertz CT molecular complexity index is 3500. The topological polar surface area (TPSA) is 27.0 Å². The Morgan fingerprint density at radius 1 is 0.457 bits per heavy atom. The van der Waals surface area contributed by atoms with Gasteiger partial charge in [-0.2, -0.15) is 0 Å². The molecule has 0 radical (unpaired) electrons. The van der Waals surface area contributed by atoms with Gasteiger partial charge in [-0.15, -0.1) is 0 Å². The lowest BCUT2D eigenvalue weighted by Crippen LogP contribution is -2.62. The molecular formula is C64H56BN5. The fraction of sp³-hybridized carbons (Fsp3) is 0.141. The molecule has 0 aliphatic carbocycles. The number of aryl methyl sites for hydroxylation is 1. The smallest absolute Gasteiger partial charge is 0.277 e. The summed E-state index contributed by atoms with van der Waals surface area (Å²) in [6.45, 7) is 15.7. The molecule has 0 amide bonds. The van der Waals surface area contributed by atoms with Gasteiger partial charge in [0.15, 0.2) is 0 Å². The van der Waals surface area contributed by atoms with Gasteiger partial charge in [0.1, 0.15) is 11.5 Å². The molecule has 5 nitrogen and oxygen atoms in total. The SMILES string of the molecule is Cc1cc2c3c(c1)N(c1ccccc1)c1c(nc4c(-c5ccccc5)cc(-c5ccccc5)cn14)B3c1ccc(N(c3ccc(C(C)(C)C)cc3)c3ccc(C(C)(C)C)cc3)cc1N2c1ccccc1. The second-order valence-corrected chi connectivity index (χ2v) is 21.1. The van der Waals surface area contributed by atoms with Crippen LogP contribution in [0.1, 0.15) is 58.2 Å². The minimum absolute atomic E-state index is 0.0297.